The topological polar surface area (TPSA) is 49.6 Å². The maximum atomic E-state index is 6.81. The van der Waals surface area contributed by atoms with E-state index in [1.165, 1.54) is 43.8 Å². The fraction of sp³-hybridized carbons (Fsp3) is 0.311. The van der Waals surface area contributed by atoms with Gasteiger partial charge in [0.25, 0.3) is 0 Å². The Morgan fingerprint density at radius 3 is 1.98 bits per heavy atom. The first-order valence-corrected chi connectivity index (χ1v) is 18.4. The van der Waals surface area contributed by atoms with E-state index >= 15 is 0 Å². The number of benzene rings is 5. The zero-order chi connectivity index (χ0) is 36.0. The van der Waals surface area contributed by atoms with Gasteiger partial charge in [-0.2, -0.15) is 0 Å². The summed E-state index contributed by atoms with van der Waals surface area (Å²) in [4.78, 5) is 6.31. The van der Waals surface area contributed by atoms with E-state index in [9.17, 15) is 0 Å². The summed E-state index contributed by atoms with van der Waals surface area (Å²) in [6.45, 7) is 24.3. The van der Waals surface area contributed by atoms with Crippen LogP contribution in [0.25, 0.3) is 33.4 Å². The molecule has 0 saturated carbocycles. The third-order valence-electron chi connectivity index (χ3n) is 9.09. The Bertz CT molecular complexity index is 2210. The van der Waals surface area contributed by atoms with Gasteiger partial charge >= 0.3 is 0 Å². The number of hydrogen-bond acceptors (Lipinski definition) is 5. The van der Waals surface area contributed by atoms with Crippen LogP contribution in [0.4, 0.5) is 17.1 Å². The molecule has 258 valence electrons. The number of nitrogens with one attached hydrogen (secondary N) is 2. The molecule has 0 bridgehead atoms. The van der Waals surface area contributed by atoms with Crippen molar-refractivity contribution in [2.45, 2.75) is 93.0 Å². The van der Waals surface area contributed by atoms with Crippen LogP contribution in [0.5, 0.6) is 0 Å². The van der Waals surface area contributed by atoms with Gasteiger partial charge < -0.3 is 9.73 Å². The van der Waals surface area contributed by atoms with Gasteiger partial charge in [-0.1, -0.05) is 74.4 Å². The third kappa shape index (κ3) is 7.85. The molecule has 2 aliphatic rings. The second kappa shape index (κ2) is 13.8. The second-order valence-corrected chi connectivity index (χ2v) is 16.8. The normalized spacial score (nSPS) is 12.7. The first kappa shape index (κ1) is 35.5. The minimum absolute atomic E-state index is 0.0539. The Hall–Kier alpha value is -4.32. The molecule has 0 aromatic heterocycles. The van der Waals surface area contributed by atoms with Crippen molar-refractivity contribution in [3.63, 3.8) is 0 Å². The quantitative estimate of drug-likeness (QED) is 0.124. The fourth-order valence-electron chi connectivity index (χ4n) is 7.63. The van der Waals surface area contributed by atoms with Crippen LogP contribution in [-0.2, 0) is 0 Å². The molecular weight excluding hydrogens is 631 g/mol. The molecule has 4 aromatic rings. The van der Waals surface area contributed by atoms with Gasteiger partial charge in [0.2, 0.25) is 0 Å². The van der Waals surface area contributed by atoms with Crippen molar-refractivity contribution in [2.24, 2.45) is 10.4 Å². The molecule has 4 aromatic carbocycles. The molecule has 4 nitrogen and oxygen atoms in total. The number of rotatable bonds is 8. The van der Waals surface area contributed by atoms with Crippen molar-refractivity contribution in [2.75, 3.05) is 5.32 Å². The standard InChI is InChI=1S/C45H51N3OS/c1-27-20-29(3)42(30(4)21-27)46-33-16-18-35-38(24-33)49-39-25-34(47-43-31(5)22-28(2)23-32(43)6)17-19-36(39)41(35)37-14-12-13-15-40(37)50-48-45(10,11)26-44(7,8)9/h12-25,46,48H,26H2,1-11H3. The van der Waals surface area contributed by atoms with Crippen molar-refractivity contribution in [3.8, 4) is 22.5 Å². The van der Waals surface area contributed by atoms with Crippen molar-refractivity contribution < 1.29 is 4.42 Å². The Labute approximate surface area is 302 Å². The van der Waals surface area contributed by atoms with Crippen LogP contribution in [0, 0.1) is 47.0 Å². The average Bonchev–Trinajstić information content (AvgIpc) is 3.01. The summed E-state index contributed by atoms with van der Waals surface area (Å²) in [6.07, 6.45) is 1.05. The smallest absolute Gasteiger partial charge is 0.137 e. The van der Waals surface area contributed by atoms with E-state index in [0.29, 0.717) is 0 Å². The Balaban J connectivity index is 1.53. The monoisotopic (exact) mass is 681 g/mol. The van der Waals surface area contributed by atoms with Crippen LogP contribution in [0.3, 0.4) is 0 Å². The highest BCUT2D eigenvalue weighted by Crippen LogP contribution is 2.44. The lowest BCUT2D eigenvalue weighted by molar-refractivity contribution is 0.274. The van der Waals surface area contributed by atoms with Gasteiger partial charge in [0.05, 0.1) is 11.0 Å². The van der Waals surface area contributed by atoms with E-state index in [2.05, 4.69) is 171 Å². The van der Waals surface area contributed by atoms with Gasteiger partial charge in [-0.3, -0.25) is 4.72 Å². The van der Waals surface area contributed by atoms with E-state index in [0.717, 1.165) is 56.7 Å². The number of anilines is 2. The van der Waals surface area contributed by atoms with Crippen LogP contribution >= 0.6 is 11.9 Å². The highest BCUT2D eigenvalue weighted by Gasteiger charge is 2.26. The van der Waals surface area contributed by atoms with Gasteiger partial charge in [-0.05, 0) is 137 Å². The van der Waals surface area contributed by atoms with E-state index in [4.69, 9.17) is 9.41 Å². The molecule has 2 N–H and O–H groups in total. The first-order valence-electron chi connectivity index (χ1n) is 17.6. The van der Waals surface area contributed by atoms with Crippen LogP contribution in [-0.4, -0.2) is 5.54 Å². The molecule has 1 aliphatic heterocycles. The minimum Gasteiger partial charge on any atom is -0.456 e. The number of nitrogens with zero attached hydrogens (tertiary/aromatic N) is 1. The van der Waals surface area contributed by atoms with Crippen LogP contribution in [0.1, 0.15) is 74.4 Å². The summed E-state index contributed by atoms with van der Waals surface area (Å²) in [5, 5.41) is 5.64. The third-order valence-corrected chi connectivity index (χ3v) is 10.3. The molecule has 0 spiro atoms. The zero-order valence-corrected chi connectivity index (χ0v) is 32.4. The molecule has 1 heterocycles. The molecule has 0 radical (unpaired) electrons. The zero-order valence-electron chi connectivity index (χ0n) is 31.6. The van der Waals surface area contributed by atoms with E-state index in [1.54, 1.807) is 11.9 Å². The van der Waals surface area contributed by atoms with E-state index in [1.807, 2.05) is 0 Å². The number of hydrogen-bond donors (Lipinski definition) is 2. The molecule has 0 unspecified atom stereocenters. The maximum absolute atomic E-state index is 6.81. The molecular formula is C45H51N3OS. The molecule has 0 saturated heterocycles. The fourth-order valence-corrected chi connectivity index (χ4v) is 8.52. The molecule has 0 atom stereocenters. The van der Waals surface area contributed by atoms with Gasteiger partial charge in [0.15, 0.2) is 0 Å². The summed E-state index contributed by atoms with van der Waals surface area (Å²) in [5.74, 6) is 0.803. The highest BCUT2D eigenvalue weighted by molar-refractivity contribution is 7.97. The van der Waals surface area contributed by atoms with Crippen LogP contribution < -0.4 is 15.4 Å². The van der Waals surface area contributed by atoms with Gasteiger partial charge in [0, 0.05) is 50.5 Å². The predicted octanol–water partition coefficient (Wildman–Crippen LogP) is 12.8. The molecule has 50 heavy (non-hydrogen) atoms. The Kier molecular flexibility index (Phi) is 9.78. The first-order chi connectivity index (χ1) is 23.6. The van der Waals surface area contributed by atoms with E-state index < -0.39 is 0 Å². The molecule has 0 amide bonds. The second-order valence-electron chi connectivity index (χ2n) is 15.9. The summed E-state index contributed by atoms with van der Waals surface area (Å²) >= 11 is 1.71. The van der Waals surface area contributed by atoms with Crippen molar-refractivity contribution in [1.82, 2.24) is 4.72 Å². The van der Waals surface area contributed by atoms with Crippen LogP contribution in [0.15, 0.2) is 99.2 Å². The Morgan fingerprint density at radius 2 is 1.32 bits per heavy atom. The largest absolute Gasteiger partial charge is 0.456 e. The number of aryl methyl sites for hydroxylation is 6. The lowest BCUT2D eigenvalue weighted by Gasteiger charge is -2.33. The summed E-state index contributed by atoms with van der Waals surface area (Å²) in [5.41, 5.74) is 14.8. The van der Waals surface area contributed by atoms with Crippen molar-refractivity contribution >= 4 is 40.0 Å². The average molecular weight is 682 g/mol. The molecule has 0 fully saturated rings. The molecule has 1 aliphatic carbocycles. The highest BCUT2D eigenvalue weighted by atomic mass is 32.2. The molecule has 6 rings (SSSR count). The summed E-state index contributed by atoms with van der Waals surface area (Å²) < 4.78 is 10.6. The summed E-state index contributed by atoms with van der Waals surface area (Å²) in [7, 11) is 0. The predicted molar refractivity (Wildman–Crippen MR) is 215 cm³/mol. The SMILES string of the molecule is Cc1cc(C)c(N=c2ccc3c(-c4ccccc4SNC(C)(C)CC(C)(C)C)c4ccc(Nc5c(C)cc(C)cc5C)cc4oc-3c2)c(C)c1. The summed E-state index contributed by atoms with van der Waals surface area (Å²) in [6, 6.07) is 30.4. The van der Waals surface area contributed by atoms with E-state index in [-0.39, 0.29) is 11.0 Å². The van der Waals surface area contributed by atoms with Gasteiger partial charge in [-0.15, -0.1) is 0 Å². The maximum Gasteiger partial charge on any atom is 0.137 e. The lowest BCUT2D eigenvalue weighted by atomic mass is 9.82. The van der Waals surface area contributed by atoms with Gasteiger partial charge in [-0.25, -0.2) is 4.99 Å². The van der Waals surface area contributed by atoms with Gasteiger partial charge in [0.1, 0.15) is 11.3 Å². The van der Waals surface area contributed by atoms with Crippen molar-refractivity contribution in [1.29, 1.82) is 0 Å². The van der Waals surface area contributed by atoms with Crippen LogP contribution in [0.2, 0.25) is 0 Å². The molecule has 5 heteroatoms. The van der Waals surface area contributed by atoms with Crippen molar-refractivity contribution in [3.05, 3.63) is 124 Å². The Morgan fingerprint density at radius 1 is 0.680 bits per heavy atom. The minimum atomic E-state index is -0.0539. The number of fused-ring (bicyclic) bond motifs is 2. The lowest BCUT2D eigenvalue weighted by Crippen LogP contribution is -2.38.